The molecule has 3 aromatic rings. The summed E-state index contributed by atoms with van der Waals surface area (Å²) in [6, 6.07) is 10.2. The van der Waals surface area contributed by atoms with Crippen LogP contribution in [0.25, 0.3) is 22.1 Å². The fraction of sp³-hybridized carbons (Fsp3) is 0.360. The van der Waals surface area contributed by atoms with Gasteiger partial charge in [0.25, 0.3) is 5.91 Å². The number of fused-ring (bicyclic) bond motifs is 1. The molecule has 33 heavy (non-hydrogen) atoms. The normalized spacial score (nSPS) is 18.2. The van der Waals surface area contributed by atoms with Gasteiger partial charge in [-0.05, 0) is 43.7 Å². The number of morpholine rings is 1. The number of benzene rings is 2. The largest absolute Gasteiger partial charge is 0.493 e. The molecule has 0 N–H and O–H groups in total. The first-order valence-electron chi connectivity index (χ1n) is 10.7. The Labute approximate surface area is 191 Å². The van der Waals surface area contributed by atoms with Gasteiger partial charge in [0.05, 0.1) is 37.4 Å². The second-order valence-corrected chi connectivity index (χ2v) is 8.05. The molecule has 2 atom stereocenters. The quantitative estimate of drug-likeness (QED) is 0.565. The van der Waals surface area contributed by atoms with Crippen molar-refractivity contribution in [2.24, 2.45) is 0 Å². The van der Waals surface area contributed by atoms with Crippen LogP contribution in [-0.4, -0.2) is 56.9 Å². The Morgan fingerprint density at radius 2 is 1.76 bits per heavy atom. The fourth-order valence-corrected chi connectivity index (χ4v) is 4.02. The van der Waals surface area contributed by atoms with Gasteiger partial charge in [-0.25, -0.2) is 0 Å². The molecule has 1 aliphatic heterocycles. The van der Waals surface area contributed by atoms with E-state index in [-0.39, 0.29) is 30.2 Å². The molecule has 1 saturated heterocycles. The summed E-state index contributed by atoms with van der Waals surface area (Å²) in [6.45, 7) is 4.87. The molecule has 8 nitrogen and oxygen atoms in total. The van der Waals surface area contributed by atoms with Crippen molar-refractivity contribution in [3.05, 3.63) is 52.9 Å². The number of hydrogen-bond donors (Lipinski definition) is 0. The topological polar surface area (TPSA) is 87.4 Å². The van der Waals surface area contributed by atoms with Crippen LogP contribution >= 0.6 is 0 Å². The van der Waals surface area contributed by atoms with Crippen molar-refractivity contribution in [3.63, 3.8) is 0 Å². The first kappa shape index (κ1) is 22.7. The average Bonchev–Trinajstić information content (AvgIpc) is 2.81. The van der Waals surface area contributed by atoms with Gasteiger partial charge in [-0.15, -0.1) is 0 Å². The van der Waals surface area contributed by atoms with E-state index in [1.165, 1.54) is 13.4 Å². The third-order valence-corrected chi connectivity index (χ3v) is 5.58. The summed E-state index contributed by atoms with van der Waals surface area (Å²) in [5.41, 5.74) is 1.26. The van der Waals surface area contributed by atoms with Gasteiger partial charge in [-0.2, -0.15) is 0 Å². The van der Waals surface area contributed by atoms with E-state index in [1.807, 2.05) is 13.8 Å². The number of carbonyl (C=O) groups is 1. The smallest absolute Gasteiger partial charge is 0.260 e. The second kappa shape index (κ2) is 9.54. The van der Waals surface area contributed by atoms with Crippen molar-refractivity contribution >= 4 is 16.9 Å². The minimum Gasteiger partial charge on any atom is -0.493 e. The maximum Gasteiger partial charge on any atom is 0.260 e. The monoisotopic (exact) mass is 453 g/mol. The van der Waals surface area contributed by atoms with Crippen LogP contribution in [-0.2, 0) is 9.53 Å². The molecule has 0 spiro atoms. The summed E-state index contributed by atoms with van der Waals surface area (Å²) in [5, 5.41) is 0.414. The van der Waals surface area contributed by atoms with E-state index in [2.05, 4.69) is 0 Å². The van der Waals surface area contributed by atoms with E-state index in [9.17, 15) is 9.59 Å². The molecule has 0 radical (unpaired) electrons. The van der Waals surface area contributed by atoms with E-state index in [1.54, 1.807) is 48.4 Å². The van der Waals surface area contributed by atoms with Crippen molar-refractivity contribution < 1.29 is 28.2 Å². The van der Waals surface area contributed by atoms with Crippen LogP contribution < -0.4 is 19.6 Å². The summed E-state index contributed by atoms with van der Waals surface area (Å²) < 4.78 is 27.7. The summed E-state index contributed by atoms with van der Waals surface area (Å²) in [5.74, 6) is 1.44. The summed E-state index contributed by atoms with van der Waals surface area (Å²) in [4.78, 5) is 27.4. The lowest BCUT2D eigenvalue weighted by Crippen LogP contribution is -2.49. The van der Waals surface area contributed by atoms with Gasteiger partial charge in [0, 0.05) is 19.2 Å². The Kier molecular flexibility index (Phi) is 6.55. The molecule has 1 aromatic heterocycles. The highest BCUT2D eigenvalue weighted by Gasteiger charge is 2.26. The standard InChI is InChI=1S/C25H27NO7/c1-15-11-26(12-16(2)33-15)24(27)14-31-18-6-7-19-22(10-18)32-13-20(25(19)28)17-5-8-21(29-3)23(9-17)30-4/h5-10,13,15-16H,11-12,14H2,1-4H3. The van der Waals surface area contributed by atoms with Gasteiger partial charge in [0.1, 0.15) is 17.6 Å². The number of ether oxygens (including phenoxy) is 4. The predicted octanol–water partition coefficient (Wildman–Crippen LogP) is 3.49. The van der Waals surface area contributed by atoms with Crippen LogP contribution in [0.3, 0.4) is 0 Å². The van der Waals surface area contributed by atoms with Crippen LogP contribution in [0.2, 0.25) is 0 Å². The van der Waals surface area contributed by atoms with E-state index in [0.29, 0.717) is 52.4 Å². The molecule has 0 saturated carbocycles. The van der Waals surface area contributed by atoms with E-state index in [4.69, 9.17) is 23.4 Å². The van der Waals surface area contributed by atoms with Gasteiger partial charge in [0.2, 0.25) is 0 Å². The maximum absolute atomic E-state index is 13.1. The van der Waals surface area contributed by atoms with E-state index < -0.39 is 0 Å². The van der Waals surface area contributed by atoms with E-state index >= 15 is 0 Å². The zero-order valence-corrected chi connectivity index (χ0v) is 19.1. The molecule has 0 bridgehead atoms. The molecule has 174 valence electrons. The number of carbonyl (C=O) groups excluding carboxylic acids is 1. The molecule has 0 aliphatic carbocycles. The van der Waals surface area contributed by atoms with Crippen LogP contribution in [0.4, 0.5) is 0 Å². The number of methoxy groups -OCH3 is 2. The Morgan fingerprint density at radius 1 is 1.03 bits per heavy atom. The molecular formula is C25H27NO7. The molecule has 1 amide bonds. The van der Waals surface area contributed by atoms with Gasteiger partial charge >= 0.3 is 0 Å². The zero-order valence-electron chi connectivity index (χ0n) is 19.1. The highest BCUT2D eigenvalue weighted by molar-refractivity contribution is 5.83. The lowest BCUT2D eigenvalue weighted by Gasteiger charge is -2.35. The molecule has 2 heterocycles. The maximum atomic E-state index is 13.1. The number of hydrogen-bond acceptors (Lipinski definition) is 7. The van der Waals surface area contributed by atoms with Crippen molar-refractivity contribution in [1.29, 1.82) is 0 Å². The Morgan fingerprint density at radius 3 is 2.45 bits per heavy atom. The van der Waals surface area contributed by atoms with Gasteiger partial charge in [-0.3, -0.25) is 9.59 Å². The Balaban J connectivity index is 1.52. The van der Waals surface area contributed by atoms with Crippen LogP contribution in [0.1, 0.15) is 13.8 Å². The van der Waals surface area contributed by atoms with Crippen molar-refractivity contribution in [2.75, 3.05) is 33.9 Å². The number of rotatable bonds is 6. The highest BCUT2D eigenvalue weighted by Crippen LogP contribution is 2.32. The predicted molar refractivity (Wildman–Crippen MR) is 123 cm³/mol. The summed E-state index contributed by atoms with van der Waals surface area (Å²) in [7, 11) is 3.09. The van der Waals surface area contributed by atoms with Crippen LogP contribution in [0.5, 0.6) is 17.2 Å². The summed E-state index contributed by atoms with van der Waals surface area (Å²) >= 11 is 0. The SMILES string of the molecule is COc1ccc(-c2coc3cc(OCC(=O)N4CC(C)OC(C)C4)ccc3c2=O)cc1OC. The van der Waals surface area contributed by atoms with Gasteiger partial charge < -0.3 is 28.3 Å². The average molecular weight is 453 g/mol. The minimum atomic E-state index is -0.178. The molecule has 1 fully saturated rings. The van der Waals surface area contributed by atoms with Crippen LogP contribution in [0, 0.1) is 0 Å². The highest BCUT2D eigenvalue weighted by atomic mass is 16.5. The van der Waals surface area contributed by atoms with Crippen molar-refractivity contribution in [2.45, 2.75) is 26.1 Å². The Bertz CT molecular complexity index is 1210. The van der Waals surface area contributed by atoms with Gasteiger partial charge in [-0.1, -0.05) is 6.07 Å². The van der Waals surface area contributed by atoms with Crippen molar-refractivity contribution in [3.8, 4) is 28.4 Å². The summed E-state index contributed by atoms with van der Waals surface area (Å²) in [6.07, 6.45) is 1.40. The zero-order chi connectivity index (χ0) is 23.5. The van der Waals surface area contributed by atoms with Gasteiger partial charge in [0.15, 0.2) is 23.5 Å². The molecule has 2 aromatic carbocycles. The minimum absolute atomic E-state index is 0.00694. The lowest BCUT2D eigenvalue weighted by molar-refractivity contribution is -0.145. The molecule has 8 heteroatoms. The number of nitrogens with zero attached hydrogens (tertiary/aromatic N) is 1. The molecule has 1 aliphatic rings. The Hall–Kier alpha value is -3.52. The van der Waals surface area contributed by atoms with E-state index in [0.717, 1.165) is 0 Å². The third kappa shape index (κ3) is 4.80. The number of amides is 1. The fourth-order valence-electron chi connectivity index (χ4n) is 4.02. The molecule has 4 rings (SSSR count). The first-order valence-corrected chi connectivity index (χ1v) is 10.7. The first-order chi connectivity index (χ1) is 15.9. The lowest BCUT2D eigenvalue weighted by atomic mass is 10.0. The second-order valence-electron chi connectivity index (χ2n) is 8.05. The molecular weight excluding hydrogens is 426 g/mol. The van der Waals surface area contributed by atoms with Crippen molar-refractivity contribution in [1.82, 2.24) is 4.90 Å². The third-order valence-electron chi connectivity index (χ3n) is 5.58. The molecule has 2 unspecified atom stereocenters. The van der Waals surface area contributed by atoms with Crippen LogP contribution in [0.15, 0.2) is 51.9 Å².